The summed E-state index contributed by atoms with van der Waals surface area (Å²) in [6.45, 7) is 12.9. The molecule has 0 radical (unpaired) electrons. The molecule has 0 bridgehead atoms. The second kappa shape index (κ2) is 45.3. The van der Waals surface area contributed by atoms with Gasteiger partial charge < -0.3 is 65.7 Å². The van der Waals surface area contributed by atoms with Gasteiger partial charge in [0.25, 0.3) is 23.6 Å². The van der Waals surface area contributed by atoms with Crippen molar-refractivity contribution in [2.75, 3.05) is 21.3 Å². The van der Waals surface area contributed by atoms with E-state index in [-0.39, 0.29) is 39.4 Å². The minimum absolute atomic E-state index is 0.0762. The molecule has 13 rings (SSSR count). The van der Waals surface area contributed by atoms with Gasteiger partial charge in [0, 0.05) is 83.8 Å². The van der Waals surface area contributed by atoms with Gasteiger partial charge in [0.15, 0.2) is 23.3 Å². The van der Waals surface area contributed by atoms with Crippen LogP contribution < -0.4 is 49.9 Å². The number of benzene rings is 12. The smallest absolute Gasteiger partial charge is 0.284 e. The monoisotopic (exact) mass is 1970 g/mol. The molecule has 12 aromatic carbocycles. The molecule has 0 saturated heterocycles. The van der Waals surface area contributed by atoms with Crippen LogP contribution in [-0.4, -0.2) is 56.2 Å². The SMILES string of the molecule is C/C(=C(\F)C(=O)Nc1ccc(-c2ccccc2CN)cc1Br)c1cc(C(=N)N)ccc1O.C/C(=C(\F)C(=O)Nc1ccc(-c2ccccc2CN)cc1Br)c1ccc2ccnc(C)c2c1.C/C(=N/O)c1cccc(/C(C)=C(/F)C(=O)Nc2ccc(-c3ccccc3CN)cc2Br)c1.CC(=N)c1cccc(/C(C)=C(/F)C(=O)Nc2ccc(-c3ccccc3CN)cc2Br)c1. The first kappa shape index (κ1) is 97.0. The molecule has 13 aromatic rings. The lowest BCUT2D eigenvalue weighted by atomic mass is 9.99. The van der Waals surface area contributed by atoms with E-state index in [0.29, 0.717) is 112 Å². The van der Waals surface area contributed by atoms with Gasteiger partial charge in [-0.3, -0.25) is 29.6 Å². The normalized spacial score (nSPS) is 11.9. The lowest BCUT2D eigenvalue weighted by molar-refractivity contribution is -0.114. The Morgan fingerprint density at radius 3 is 1.04 bits per heavy atom. The molecule has 0 atom stereocenters. The number of carbonyl (C=O) groups is 4. The molecule has 18 N–H and O–H groups in total. The number of aromatic hydroxyl groups is 1. The van der Waals surface area contributed by atoms with Gasteiger partial charge in [-0.25, -0.2) is 17.6 Å². The molecule has 1 aromatic heterocycles. The average Bonchev–Trinajstić information content (AvgIpc) is 0.808. The first-order valence-corrected chi connectivity index (χ1v) is 43.0. The number of nitrogens with one attached hydrogen (secondary N) is 6. The van der Waals surface area contributed by atoms with Crippen LogP contribution in [0.15, 0.2) is 313 Å². The Hall–Kier alpha value is -13.2. The standard InChI is InChI=1S/C27H23BrFN3O.C25H23BrFN3O2.C25H23BrFN3O.C24H22BrFN4O2/c1-16(19-8-7-18-11-12-31-17(2)23(18)13-19)26(29)27(33)32-25-10-9-20(14-24(25)28)22-6-4-3-5-21(22)15-30;1-15(17-7-5-8-18(12-17)16(2)30-32)24(27)25(31)29-23-11-10-19(13-22(23)26)21-9-4-3-6-20(21)14-28;1-15(17-7-5-8-18(12-17)16(2)29)24(27)25(31)30-23-11-10-19(13-22(23)26)21-9-4-3-6-20(21)14-28;1-13(18-10-15(23(28)29)7-9-21(18)31)22(26)24(32)30-20-8-6-14(11-19(20)25)17-5-3-2-4-16(17)12-27/h3-14H,15,30H2,1-2H3,(H,32,33);3-13,32H,14,28H2,1-2H3,(H,29,31);3-13,29H,14,28H2,1-2H3,(H,30,31);2-11,31H,12,27H2,1H3,(H3,28,29)(H,30,32)/b26-16+;24-15+,30-16-;24-15+,29-16?;22-13+. The number of oxime groups is 1. The van der Waals surface area contributed by atoms with E-state index in [1.54, 1.807) is 107 Å². The highest BCUT2D eigenvalue weighted by Gasteiger charge is 2.24. The van der Waals surface area contributed by atoms with Gasteiger partial charge in [0.05, 0.1) is 28.5 Å². The summed E-state index contributed by atoms with van der Waals surface area (Å²) >= 11 is 13.9. The summed E-state index contributed by atoms with van der Waals surface area (Å²) in [6.07, 6.45) is 1.74. The van der Waals surface area contributed by atoms with E-state index in [1.807, 2.05) is 177 Å². The molecule has 0 spiro atoms. The van der Waals surface area contributed by atoms with Crippen LogP contribution in [0, 0.1) is 17.7 Å². The number of halogens is 8. The van der Waals surface area contributed by atoms with E-state index in [2.05, 4.69) is 95.1 Å². The van der Waals surface area contributed by atoms with Crippen molar-refractivity contribution in [2.24, 2.45) is 33.8 Å². The molecule has 0 saturated carbocycles. The first-order chi connectivity index (χ1) is 61.3. The van der Waals surface area contributed by atoms with Crippen LogP contribution in [0.1, 0.15) is 108 Å². The zero-order chi connectivity index (χ0) is 92.7. The van der Waals surface area contributed by atoms with Gasteiger partial charge in [-0.15, -0.1) is 0 Å². The van der Waals surface area contributed by atoms with Crippen molar-refractivity contribution in [1.29, 1.82) is 10.8 Å². The maximum absolute atomic E-state index is 15.1. The fourth-order valence-electron chi connectivity index (χ4n) is 13.5. The van der Waals surface area contributed by atoms with E-state index in [1.165, 1.54) is 32.0 Å². The van der Waals surface area contributed by atoms with Crippen molar-refractivity contribution in [2.45, 2.75) is 74.6 Å². The number of amidine groups is 1. The fourth-order valence-corrected chi connectivity index (χ4v) is 15.4. The van der Waals surface area contributed by atoms with Gasteiger partial charge >= 0.3 is 0 Å². The minimum Gasteiger partial charge on any atom is -0.507 e. The second-order valence-corrected chi connectivity index (χ2v) is 32.7. The number of hydrogen-bond donors (Lipinski definition) is 13. The average molecular weight is 1980 g/mol. The summed E-state index contributed by atoms with van der Waals surface area (Å²) < 4.78 is 62.2. The van der Waals surface area contributed by atoms with E-state index < -0.39 is 46.9 Å². The zero-order valence-corrected chi connectivity index (χ0v) is 76.9. The molecular formula is C101H91Br4F4N13O6. The van der Waals surface area contributed by atoms with Crippen molar-refractivity contribution < 1.29 is 47.1 Å². The molecular weight excluding hydrogens is 1890 g/mol. The number of amides is 4. The maximum Gasteiger partial charge on any atom is 0.284 e. The molecule has 27 heteroatoms. The summed E-state index contributed by atoms with van der Waals surface area (Å²) in [7, 11) is 0. The number of fused-ring (bicyclic) bond motifs is 1. The molecule has 0 aliphatic rings. The molecule has 0 fully saturated rings. The van der Waals surface area contributed by atoms with Crippen LogP contribution in [-0.2, 0) is 45.4 Å². The first-order valence-electron chi connectivity index (χ1n) is 39.8. The number of nitrogen functional groups attached to an aromatic ring is 1. The summed E-state index contributed by atoms with van der Waals surface area (Å²) in [4.78, 5) is 54.6. The number of nitrogens with two attached hydrogens (primary N) is 5. The minimum atomic E-state index is -1.06. The van der Waals surface area contributed by atoms with E-state index in [0.717, 1.165) is 83.2 Å². The van der Waals surface area contributed by atoms with Crippen LogP contribution in [0.4, 0.5) is 40.3 Å². The molecule has 128 heavy (non-hydrogen) atoms. The summed E-state index contributed by atoms with van der Waals surface area (Å²) in [5, 5.41) is 49.8. The van der Waals surface area contributed by atoms with E-state index in [9.17, 15) is 37.5 Å². The Morgan fingerprint density at radius 2 is 0.703 bits per heavy atom. The zero-order valence-electron chi connectivity index (χ0n) is 70.6. The number of allylic oxidation sites excluding steroid dienone is 4. The molecule has 1 heterocycles. The Bertz CT molecular complexity index is 6610. The number of aryl methyl sites for hydroxylation is 1. The molecule has 19 nitrogen and oxygen atoms in total. The van der Waals surface area contributed by atoms with Gasteiger partial charge in [-0.2, -0.15) is 0 Å². The Morgan fingerprint density at radius 1 is 0.383 bits per heavy atom. The third-order valence-electron chi connectivity index (χ3n) is 20.9. The highest BCUT2D eigenvalue weighted by molar-refractivity contribution is 9.11. The lowest BCUT2D eigenvalue weighted by Crippen LogP contribution is -2.14. The van der Waals surface area contributed by atoms with Gasteiger partial charge in [0.2, 0.25) is 0 Å². The molecule has 652 valence electrons. The van der Waals surface area contributed by atoms with Crippen LogP contribution in [0.25, 0.3) is 77.6 Å². The molecule has 4 amide bonds. The van der Waals surface area contributed by atoms with Crippen LogP contribution in [0.5, 0.6) is 5.75 Å². The number of anilines is 4. The Labute approximate surface area is 772 Å². The number of carbonyl (C=O) groups excluding carboxylic acids is 4. The van der Waals surface area contributed by atoms with Gasteiger partial charge in [0.1, 0.15) is 11.6 Å². The summed E-state index contributed by atoms with van der Waals surface area (Å²) in [5.74, 6) is -7.57. The van der Waals surface area contributed by atoms with Gasteiger partial charge in [-0.05, 0) is 320 Å². The number of pyridine rings is 1. The number of hydrogen-bond acceptors (Lipinski definition) is 14. The lowest BCUT2D eigenvalue weighted by Gasteiger charge is -2.13. The van der Waals surface area contributed by atoms with E-state index >= 15 is 4.39 Å². The third-order valence-corrected chi connectivity index (χ3v) is 23.5. The highest BCUT2D eigenvalue weighted by Crippen LogP contribution is 2.39. The highest BCUT2D eigenvalue weighted by atomic mass is 79.9. The Balaban J connectivity index is 0.000000178. The van der Waals surface area contributed by atoms with Crippen LogP contribution >= 0.6 is 63.7 Å². The maximum atomic E-state index is 15.1. The second-order valence-electron chi connectivity index (χ2n) is 29.2. The topological polar surface area (TPSA) is 360 Å². The van der Waals surface area contributed by atoms with Crippen LogP contribution in [0.2, 0.25) is 0 Å². The summed E-state index contributed by atoms with van der Waals surface area (Å²) in [6, 6.07) is 78.2. The van der Waals surface area contributed by atoms with Crippen molar-refractivity contribution >= 4 is 160 Å². The van der Waals surface area contributed by atoms with Crippen molar-refractivity contribution in [3.63, 3.8) is 0 Å². The molecule has 0 unspecified atom stereocenters. The van der Waals surface area contributed by atoms with Crippen molar-refractivity contribution in [3.8, 4) is 50.3 Å². The fraction of sp³-hybridized carbons (Fsp3) is 0.109. The number of nitrogens with zero attached hydrogens (tertiary/aromatic N) is 2. The van der Waals surface area contributed by atoms with Gasteiger partial charge in [-0.1, -0.05) is 175 Å². The number of rotatable bonds is 23. The molecule has 0 aliphatic heterocycles. The van der Waals surface area contributed by atoms with Crippen LogP contribution in [0.3, 0.4) is 0 Å². The van der Waals surface area contributed by atoms with Crippen molar-refractivity contribution in [3.05, 3.63) is 375 Å². The predicted octanol–water partition coefficient (Wildman–Crippen LogP) is 24.1. The van der Waals surface area contributed by atoms with E-state index in [4.69, 9.17) is 44.7 Å². The predicted molar refractivity (Wildman–Crippen MR) is 524 cm³/mol. The largest absolute Gasteiger partial charge is 0.507 e. The summed E-state index contributed by atoms with van der Waals surface area (Å²) in [5.41, 5.74) is 47.9. The Kier molecular flexibility index (Phi) is 34.3. The number of phenolic OH excluding ortho intramolecular Hbond substituents is 1. The number of phenols is 1. The quantitative estimate of drug-likeness (QED) is 0.00710. The number of aromatic nitrogens is 1. The molecule has 0 aliphatic carbocycles. The third kappa shape index (κ3) is 24.3. The van der Waals surface area contributed by atoms with Crippen molar-refractivity contribution in [1.82, 2.24) is 4.98 Å².